The fourth-order valence-electron chi connectivity index (χ4n) is 3.39. The molecule has 1 atom stereocenters. The number of alkyl halides is 3. The van der Waals surface area contributed by atoms with Crippen LogP contribution in [0.5, 0.6) is 5.75 Å². The van der Waals surface area contributed by atoms with E-state index in [-0.39, 0.29) is 24.5 Å². The first-order valence-corrected chi connectivity index (χ1v) is 14.5. The smallest absolute Gasteiger partial charge is 0.493 e. The lowest BCUT2D eigenvalue weighted by molar-refractivity contribution is -0.115. The van der Waals surface area contributed by atoms with E-state index in [4.69, 9.17) is 4.74 Å². The molecule has 0 spiro atoms. The molecule has 194 valence electrons. The van der Waals surface area contributed by atoms with Gasteiger partial charge in [-0.25, -0.2) is 8.42 Å². The quantitative estimate of drug-likeness (QED) is 0.107. The molecule has 1 aromatic rings. The molecule has 0 saturated carbocycles. The van der Waals surface area contributed by atoms with Crippen molar-refractivity contribution in [1.29, 1.82) is 0 Å². The second-order valence-electron chi connectivity index (χ2n) is 8.28. The molecule has 0 fully saturated rings. The van der Waals surface area contributed by atoms with Crippen LogP contribution in [0, 0.1) is 0 Å². The molecule has 0 aromatic heterocycles. The van der Waals surface area contributed by atoms with Crippen molar-refractivity contribution in [2.24, 2.45) is 0 Å². The van der Waals surface area contributed by atoms with Crippen molar-refractivity contribution in [2.75, 3.05) is 18.1 Å². The molecular weight excluding hydrogens is 488 g/mol. The Morgan fingerprint density at radius 1 is 0.912 bits per heavy atom. The Kier molecular flexibility index (Phi) is 15.2. The normalized spacial score (nSPS) is 12.8. The maximum atomic E-state index is 12.7. The summed E-state index contributed by atoms with van der Waals surface area (Å²) in [5.74, 6) is -0.771. The minimum Gasteiger partial charge on any atom is -0.493 e. The van der Waals surface area contributed by atoms with Crippen molar-refractivity contribution < 1.29 is 35.4 Å². The summed E-state index contributed by atoms with van der Waals surface area (Å²) in [6.45, 7) is 2.23. The number of hydrogen-bond acceptors (Lipinski definition) is 5. The van der Waals surface area contributed by atoms with E-state index in [9.17, 15) is 26.2 Å². The first-order chi connectivity index (χ1) is 16.2. The van der Waals surface area contributed by atoms with Crippen molar-refractivity contribution in [3.8, 4) is 5.75 Å². The van der Waals surface area contributed by atoms with Crippen LogP contribution in [-0.4, -0.2) is 32.7 Å². The first-order valence-electron chi connectivity index (χ1n) is 11.9. The molecule has 1 unspecified atom stereocenters. The van der Waals surface area contributed by atoms with Gasteiger partial charge in [0, 0.05) is 0 Å². The van der Waals surface area contributed by atoms with Gasteiger partial charge in [-0.1, -0.05) is 76.8 Å². The molecule has 0 saturated heterocycles. The van der Waals surface area contributed by atoms with Gasteiger partial charge >= 0.3 is 14.9 Å². The number of benzene rings is 1. The standard InChI is InChI=1S/C24H37F3O5PS/c1-2-3-4-5-6-7-8-9-10-11-19-34(29,30)20-18-31-22-15-12-21(13-16-22)14-17-23(32-33-28)24(25,26)27/h12-13,15-17,33H,2-11,14,18-20H2,1H3/q+1. The van der Waals surface area contributed by atoms with E-state index in [1.54, 1.807) is 24.3 Å². The third-order valence-electron chi connectivity index (χ3n) is 5.35. The van der Waals surface area contributed by atoms with Gasteiger partial charge in [0.2, 0.25) is 0 Å². The van der Waals surface area contributed by atoms with Crippen LogP contribution in [-0.2, 0) is 25.3 Å². The Hall–Kier alpha value is -1.60. The first kappa shape index (κ1) is 30.4. The highest BCUT2D eigenvalue weighted by Crippen LogP contribution is 2.29. The number of rotatable bonds is 19. The minimum absolute atomic E-state index is 0.0236. The minimum atomic E-state index is -4.71. The second-order valence-corrected chi connectivity index (χ2v) is 11.0. The van der Waals surface area contributed by atoms with Crippen molar-refractivity contribution in [3.63, 3.8) is 0 Å². The molecule has 10 heteroatoms. The van der Waals surface area contributed by atoms with Crippen LogP contribution in [0.3, 0.4) is 0 Å². The Morgan fingerprint density at radius 3 is 2.00 bits per heavy atom. The predicted molar refractivity (Wildman–Crippen MR) is 130 cm³/mol. The van der Waals surface area contributed by atoms with Crippen LogP contribution in [0.2, 0.25) is 0 Å². The molecule has 0 heterocycles. The molecule has 34 heavy (non-hydrogen) atoms. The van der Waals surface area contributed by atoms with Crippen LogP contribution < -0.4 is 4.74 Å². The van der Waals surface area contributed by atoms with Gasteiger partial charge in [0.25, 0.3) is 5.76 Å². The van der Waals surface area contributed by atoms with E-state index in [1.165, 1.54) is 38.5 Å². The van der Waals surface area contributed by atoms with Crippen molar-refractivity contribution in [1.82, 2.24) is 0 Å². The molecular formula is C24H37F3O5PS+. The zero-order chi connectivity index (χ0) is 25.3. The van der Waals surface area contributed by atoms with Gasteiger partial charge in [0.15, 0.2) is 9.84 Å². The monoisotopic (exact) mass is 525 g/mol. The summed E-state index contributed by atoms with van der Waals surface area (Å²) in [5.41, 5.74) is 0.570. The third kappa shape index (κ3) is 14.6. The van der Waals surface area contributed by atoms with E-state index in [2.05, 4.69) is 11.4 Å². The van der Waals surface area contributed by atoms with Crippen LogP contribution >= 0.6 is 8.69 Å². The third-order valence-corrected chi connectivity index (χ3v) is 7.35. The highest BCUT2D eigenvalue weighted by molar-refractivity contribution is 7.91. The summed E-state index contributed by atoms with van der Waals surface area (Å²) in [6.07, 6.45) is 7.48. The zero-order valence-electron chi connectivity index (χ0n) is 19.9. The molecule has 1 aromatic carbocycles. The lowest BCUT2D eigenvalue weighted by atomic mass is 10.1. The fraction of sp³-hybridized carbons (Fsp3) is 0.667. The van der Waals surface area contributed by atoms with Crippen molar-refractivity contribution in [3.05, 3.63) is 41.7 Å². The lowest BCUT2D eigenvalue weighted by Crippen LogP contribution is -2.17. The zero-order valence-corrected chi connectivity index (χ0v) is 21.7. The second kappa shape index (κ2) is 16.9. The molecule has 0 amide bonds. The van der Waals surface area contributed by atoms with Gasteiger partial charge in [-0.15, -0.1) is 0 Å². The van der Waals surface area contributed by atoms with Crippen LogP contribution in [0.4, 0.5) is 13.2 Å². The highest BCUT2D eigenvalue weighted by atomic mass is 32.2. The fourth-order valence-corrected chi connectivity index (χ4v) is 4.86. The van der Waals surface area contributed by atoms with Gasteiger partial charge in [-0.2, -0.15) is 13.2 Å². The molecule has 0 bridgehead atoms. The van der Waals surface area contributed by atoms with E-state index >= 15 is 0 Å². The average Bonchev–Trinajstić information content (AvgIpc) is 2.78. The topological polar surface area (TPSA) is 69.7 Å². The Morgan fingerprint density at radius 2 is 1.47 bits per heavy atom. The summed E-state index contributed by atoms with van der Waals surface area (Å²) in [6, 6.07) is 6.30. The summed E-state index contributed by atoms with van der Waals surface area (Å²) < 4.78 is 82.5. The Balaban J connectivity index is 2.26. The van der Waals surface area contributed by atoms with Gasteiger partial charge in [-0.3, -0.25) is 4.52 Å². The maximum absolute atomic E-state index is 12.7. The summed E-state index contributed by atoms with van der Waals surface area (Å²) in [7, 11) is -4.72. The number of unbranched alkanes of at least 4 members (excludes halogenated alkanes) is 9. The van der Waals surface area contributed by atoms with E-state index in [0.29, 0.717) is 17.7 Å². The average molecular weight is 526 g/mol. The van der Waals surface area contributed by atoms with E-state index in [1.807, 2.05) is 0 Å². The summed E-state index contributed by atoms with van der Waals surface area (Å²) >= 11 is 0. The highest BCUT2D eigenvalue weighted by Gasteiger charge is 2.38. The molecule has 0 N–H and O–H groups in total. The maximum Gasteiger partial charge on any atom is 0.542 e. The van der Waals surface area contributed by atoms with Gasteiger partial charge in [0.05, 0.1) is 11.5 Å². The molecule has 0 aliphatic heterocycles. The molecule has 1 rings (SSSR count). The number of halogens is 3. The van der Waals surface area contributed by atoms with E-state index < -0.39 is 30.5 Å². The SMILES string of the molecule is CCCCCCCCCCCCS(=O)(=O)CCOc1ccc(CC=C(O[PH+]=O)C(F)(F)F)cc1. The van der Waals surface area contributed by atoms with Crippen molar-refractivity contribution in [2.45, 2.75) is 83.7 Å². The molecule has 0 aliphatic rings. The number of allylic oxidation sites excluding steroid dienone is 2. The van der Waals surface area contributed by atoms with Crippen LogP contribution in [0.25, 0.3) is 0 Å². The number of ether oxygens (including phenoxy) is 1. The Bertz CT molecular complexity index is 824. The van der Waals surface area contributed by atoms with Crippen molar-refractivity contribution >= 4 is 18.5 Å². The van der Waals surface area contributed by atoms with Gasteiger partial charge in [-0.05, 0) is 41.2 Å². The molecule has 0 aliphatic carbocycles. The van der Waals surface area contributed by atoms with E-state index in [0.717, 1.165) is 25.3 Å². The summed E-state index contributed by atoms with van der Waals surface area (Å²) in [5, 5.41) is 0. The van der Waals surface area contributed by atoms with Crippen LogP contribution in [0.1, 0.15) is 76.7 Å². The Labute approximate surface area is 203 Å². The molecule has 0 radical (unpaired) electrons. The lowest BCUT2D eigenvalue weighted by Gasteiger charge is -2.08. The number of sulfone groups is 1. The van der Waals surface area contributed by atoms with Crippen LogP contribution in [0.15, 0.2) is 36.1 Å². The van der Waals surface area contributed by atoms with Gasteiger partial charge in [0.1, 0.15) is 12.4 Å². The largest absolute Gasteiger partial charge is 0.542 e. The number of hydrogen-bond donors (Lipinski definition) is 0. The summed E-state index contributed by atoms with van der Waals surface area (Å²) in [4.78, 5) is 0. The van der Waals surface area contributed by atoms with Gasteiger partial charge < -0.3 is 4.74 Å². The molecule has 5 nitrogen and oxygen atoms in total. The predicted octanol–water partition coefficient (Wildman–Crippen LogP) is 7.35.